The monoisotopic (exact) mass is 308 g/mol. The highest BCUT2D eigenvalue weighted by molar-refractivity contribution is 7.92. The fraction of sp³-hybridized carbons (Fsp3) is 0.200. The first-order chi connectivity index (χ1) is 10.0. The zero-order chi connectivity index (χ0) is 15.5. The molecule has 2 aromatic carbocycles. The maximum Gasteiger partial charge on any atom is 0.267 e. The van der Waals surface area contributed by atoms with E-state index in [2.05, 4.69) is 0 Å². The molecule has 2 aromatic rings. The second-order valence-electron chi connectivity index (χ2n) is 4.47. The normalized spacial score (nSPS) is 11.4. The number of sulfonamides is 1. The minimum absolute atomic E-state index is 0.207. The van der Waals surface area contributed by atoms with Crippen LogP contribution in [0.25, 0.3) is 0 Å². The van der Waals surface area contributed by atoms with Crippen LogP contribution in [-0.4, -0.2) is 15.0 Å². The Morgan fingerprint density at radius 2 is 1.71 bits per heavy atom. The molecule has 4 nitrogen and oxygen atoms in total. The average Bonchev–Trinajstić information content (AvgIpc) is 2.48. The number of rotatable bonds is 5. The van der Waals surface area contributed by atoms with Gasteiger partial charge >= 0.3 is 0 Å². The minimum Gasteiger partial charge on any atom is -0.326 e. The van der Waals surface area contributed by atoms with E-state index in [1.807, 2.05) is 0 Å². The van der Waals surface area contributed by atoms with E-state index in [4.69, 9.17) is 5.73 Å². The first-order valence-corrected chi connectivity index (χ1v) is 8.01. The molecule has 2 rings (SSSR count). The average molecular weight is 308 g/mol. The van der Waals surface area contributed by atoms with E-state index in [0.717, 1.165) is 11.6 Å². The zero-order valence-electron chi connectivity index (χ0n) is 11.7. The van der Waals surface area contributed by atoms with Gasteiger partial charge in [-0.2, -0.15) is 0 Å². The highest BCUT2D eigenvalue weighted by Crippen LogP contribution is 2.25. The Morgan fingerprint density at radius 3 is 2.24 bits per heavy atom. The van der Waals surface area contributed by atoms with Crippen molar-refractivity contribution in [3.8, 4) is 0 Å². The molecule has 0 aliphatic carbocycles. The lowest BCUT2D eigenvalue weighted by Crippen LogP contribution is -2.31. The van der Waals surface area contributed by atoms with Gasteiger partial charge in [0.25, 0.3) is 10.0 Å². The van der Waals surface area contributed by atoms with Crippen LogP contribution in [0.1, 0.15) is 12.5 Å². The van der Waals surface area contributed by atoms with Crippen LogP contribution in [0.15, 0.2) is 53.4 Å². The van der Waals surface area contributed by atoms with Gasteiger partial charge in [-0.25, -0.2) is 12.8 Å². The lowest BCUT2D eigenvalue weighted by molar-refractivity contribution is 0.564. The first-order valence-electron chi connectivity index (χ1n) is 6.57. The molecule has 0 saturated carbocycles. The van der Waals surface area contributed by atoms with Crippen LogP contribution in [0.2, 0.25) is 0 Å². The van der Waals surface area contributed by atoms with Crippen LogP contribution in [0, 0.1) is 5.82 Å². The SMILES string of the molecule is CCN(c1ccc(CN)cc1)S(=O)(=O)c1ccccc1F. The van der Waals surface area contributed by atoms with Crippen molar-refractivity contribution < 1.29 is 12.8 Å². The minimum atomic E-state index is -3.93. The molecule has 6 heteroatoms. The summed E-state index contributed by atoms with van der Waals surface area (Å²) < 4.78 is 40.2. The number of anilines is 1. The molecule has 2 N–H and O–H groups in total. The molecule has 21 heavy (non-hydrogen) atoms. The number of halogens is 1. The standard InChI is InChI=1S/C15H17FN2O2S/c1-2-18(13-9-7-12(11-17)8-10-13)21(19,20)15-6-4-3-5-14(15)16/h3-10H,2,11,17H2,1H3. The van der Waals surface area contributed by atoms with E-state index in [0.29, 0.717) is 12.2 Å². The summed E-state index contributed by atoms with van der Waals surface area (Å²) in [5, 5.41) is 0. The quantitative estimate of drug-likeness (QED) is 0.923. The molecule has 0 aromatic heterocycles. The van der Waals surface area contributed by atoms with Crippen molar-refractivity contribution in [2.75, 3.05) is 10.8 Å². The Morgan fingerprint density at radius 1 is 1.10 bits per heavy atom. The molecule has 0 heterocycles. The third kappa shape index (κ3) is 3.06. The van der Waals surface area contributed by atoms with Crippen molar-refractivity contribution in [1.82, 2.24) is 0 Å². The summed E-state index contributed by atoms with van der Waals surface area (Å²) in [4.78, 5) is -0.324. The van der Waals surface area contributed by atoms with Crippen LogP contribution in [0.3, 0.4) is 0 Å². The van der Waals surface area contributed by atoms with Crippen molar-refractivity contribution >= 4 is 15.7 Å². The van der Waals surface area contributed by atoms with Crippen molar-refractivity contribution in [3.63, 3.8) is 0 Å². The predicted octanol–water partition coefficient (Wildman–Crippen LogP) is 2.50. The summed E-state index contributed by atoms with van der Waals surface area (Å²) in [5.41, 5.74) is 6.91. The van der Waals surface area contributed by atoms with Crippen LogP contribution in [0.5, 0.6) is 0 Å². The lowest BCUT2D eigenvalue weighted by atomic mass is 10.2. The summed E-state index contributed by atoms with van der Waals surface area (Å²) >= 11 is 0. The topological polar surface area (TPSA) is 63.4 Å². The maximum absolute atomic E-state index is 13.8. The molecule has 0 amide bonds. The van der Waals surface area contributed by atoms with Gasteiger partial charge in [-0.3, -0.25) is 4.31 Å². The second kappa shape index (κ2) is 6.24. The summed E-state index contributed by atoms with van der Waals surface area (Å²) in [6.45, 7) is 2.29. The Kier molecular flexibility index (Phi) is 4.59. The van der Waals surface area contributed by atoms with E-state index in [1.54, 1.807) is 31.2 Å². The number of benzene rings is 2. The zero-order valence-corrected chi connectivity index (χ0v) is 12.5. The lowest BCUT2D eigenvalue weighted by Gasteiger charge is -2.23. The first kappa shape index (κ1) is 15.5. The van der Waals surface area contributed by atoms with Crippen molar-refractivity contribution in [2.24, 2.45) is 5.73 Å². The van der Waals surface area contributed by atoms with Crippen LogP contribution in [0.4, 0.5) is 10.1 Å². The summed E-state index contributed by atoms with van der Waals surface area (Å²) in [6.07, 6.45) is 0. The van der Waals surface area contributed by atoms with Gasteiger partial charge in [0.15, 0.2) is 0 Å². The maximum atomic E-state index is 13.8. The van der Waals surface area contributed by atoms with E-state index >= 15 is 0 Å². The molecule has 0 bridgehead atoms. The molecule has 0 spiro atoms. The number of hydrogen-bond donors (Lipinski definition) is 1. The van der Waals surface area contributed by atoms with Gasteiger partial charge in [0.1, 0.15) is 10.7 Å². The molecule has 0 saturated heterocycles. The Labute approximate surface area is 124 Å². The van der Waals surface area contributed by atoms with Crippen molar-refractivity contribution in [2.45, 2.75) is 18.4 Å². The Bertz CT molecular complexity index is 715. The van der Waals surface area contributed by atoms with Gasteiger partial charge in [0.2, 0.25) is 0 Å². The molecular formula is C15H17FN2O2S. The highest BCUT2D eigenvalue weighted by Gasteiger charge is 2.26. The molecule has 112 valence electrons. The van der Waals surface area contributed by atoms with Crippen molar-refractivity contribution in [3.05, 3.63) is 59.9 Å². The smallest absolute Gasteiger partial charge is 0.267 e. The van der Waals surface area contributed by atoms with Crippen molar-refractivity contribution in [1.29, 1.82) is 0 Å². The van der Waals surface area contributed by atoms with Gasteiger partial charge in [0.05, 0.1) is 5.69 Å². The van der Waals surface area contributed by atoms with Gasteiger partial charge < -0.3 is 5.73 Å². The van der Waals surface area contributed by atoms with Crippen LogP contribution in [-0.2, 0) is 16.6 Å². The van der Waals surface area contributed by atoms with E-state index in [9.17, 15) is 12.8 Å². The molecule has 0 radical (unpaired) electrons. The number of nitrogens with two attached hydrogens (primary N) is 1. The summed E-state index contributed by atoms with van der Waals surface area (Å²) in [7, 11) is -3.93. The van der Waals surface area contributed by atoms with Gasteiger partial charge in [-0.05, 0) is 36.8 Å². The fourth-order valence-corrected chi connectivity index (χ4v) is 3.60. The Hall–Kier alpha value is -1.92. The third-order valence-corrected chi connectivity index (χ3v) is 5.09. The summed E-state index contributed by atoms with van der Waals surface area (Å²) in [5.74, 6) is -0.755. The second-order valence-corrected chi connectivity index (χ2v) is 6.30. The largest absolute Gasteiger partial charge is 0.326 e. The molecule has 0 unspecified atom stereocenters. The van der Waals surface area contributed by atoms with Crippen LogP contribution >= 0.6 is 0 Å². The Balaban J connectivity index is 2.46. The summed E-state index contributed by atoms with van der Waals surface area (Å²) in [6, 6.07) is 12.2. The predicted molar refractivity (Wildman–Crippen MR) is 80.9 cm³/mol. The highest BCUT2D eigenvalue weighted by atomic mass is 32.2. The molecule has 0 aliphatic rings. The van der Waals surface area contributed by atoms with E-state index < -0.39 is 15.8 Å². The molecule has 0 fully saturated rings. The van der Waals surface area contributed by atoms with Crippen LogP contribution < -0.4 is 10.0 Å². The molecule has 0 aliphatic heterocycles. The number of hydrogen-bond acceptors (Lipinski definition) is 3. The van der Waals surface area contributed by atoms with Gasteiger partial charge in [-0.15, -0.1) is 0 Å². The van der Waals surface area contributed by atoms with E-state index in [1.165, 1.54) is 22.5 Å². The van der Waals surface area contributed by atoms with E-state index in [-0.39, 0.29) is 11.4 Å². The number of nitrogens with zero attached hydrogens (tertiary/aromatic N) is 1. The molecule has 0 atom stereocenters. The molecular weight excluding hydrogens is 291 g/mol. The third-order valence-electron chi connectivity index (χ3n) is 3.15. The fourth-order valence-electron chi connectivity index (χ4n) is 2.06. The van der Waals surface area contributed by atoms with Gasteiger partial charge in [0, 0.05) is 13.1 Å². The van der Waals surface area contributed by atoms with Gasteiger partial charge in [-0.1, -0.05) is 24.3 Å².